The first-order valence-corrected chi connectivity index (χ1v) is 3.33. The molecule has 1 heterocycles. The lowest BCUT2D eigenvalue weighted by Gasteiger charge is -2.06. The zero-order valence-electron chi connectivity index (χ0n) is 5.80. The van der Waals surface area contributed by atoms with Gasteiger partial charge in [0.2, 0.25) is 0 Å². The predicted molar refractivity (Wildman–Crippen MR) is 40.3 cm³/mol. The van der Waals surface area contributed by atoms with Crippen LogP contribution in [0, 0.1) is 0 Å². The topological polar surface area (TPSA) is 48.1 Å². The van der Waals surface area contributed by atoms with Crippen LogP contribution < -0.4 is 10.5 Å². The zero-order chi connectivity index (χ0) is 9.14. The molecule has 1 rings (SSSR count). The van der Waals surface area contributed by atoms with Crippen molar-refractivity contribution in [3.63, 3.8) is 0 Å². The second kappa shape index (κ2) is 3.53. The summed E-state index contributed by atoms with van der Waals surface area (Å²) in [5.41, 5.74) is 5.29. The fourth-order valence-corrected chi connectivity index (χ4v) is 0.770. The van der Waals surface area contributed by atoms with E-state index in [2.05, 4.69) is 9.72 Å². The number of nitrogens with zero attached hydrogens (tertiary/aromatic N) is 1. The number of rotatable bonds is 2. The van der Waals surface area contributed by atoms with Crippen LogP contribution in [0.5, 0.6) is 5.75 Å². The van der Waals surface area contributed by atoms with Crippen LogP contribution in [0.15, 0.2) is 12.3 Å². The SMILES string of the molecule is Nc1cnc(Cl)cc1OC(F)F. The highest BCUT2D eigenvalue weighted by atomic mass is 35.5. The van der Waals surface area contributed by atoms with E-state index in [1.165, 1.54) is 0 Å². The lowest BCUT2D eigenvalue weighted by molar-refractivity contribution is -0.0493. The van der Waals surface area contributed by atoms with Gasteiger partial charge in [0.05, 0.1) is 11.9 Å². The molecule has 0 bridgehead atoms. The Morgan fingerprint density at radius 2 is 2.25 bits per heavy atom. The molecule has 0 atom stereocenters. The third-order valence-electron chi connectivity index (χ3n) is 1.08. The highest BCUT2D eigenvalue weighted by Crippen LogP contribution is 2.24. The van der Waals surface area contributed by atoms with E-state index in [4.69, 9.17) is 17.3 Å². The Morgan fingerprint density at radius 1 is 1.58 bits per heavy atom. The van der Waals surface area contributed by atoms with Gasteiger partial charge in [-0.2, -0.15) is 8.78 Å². The van der Waals surface area contributed by atoms with Gasteiger partial charge in [0, 0.05) is 6.07 Å². The molecule has 12 heavy (non-hydrogen) atoms. The van der Waals surface area contributed by atoms with E-state index in [0.29, 0.717) is 0 Å². The number of hydrogen-bond acceptors (Lipinski definition) is 3. The third-order valence-corrected chi connectivity index (χ3v) is 1.28. The molecule has 0 saturated heterocycles. The fraction of sp³-hybridized carbons (Fsp3) is 0.167. The summed E-state index contributed by atoms with van der Waals surface area (Å²) >= 11 is 5.41. The van der Waals surface area contributed by atoms with Crippen molar-refractivity contribution in [2.24, 2.45) is 0 Å². The Morgan fingerprint density at radius 3 is 2.83 bits per heavy atom. The Balaban J connectivity index is 2.90. The summed E-state index contributed by atoms with van der Waals surface area (Å²) in [5.74, 6) is -0.162. The van der Waals surface area contributed by atoms with Crippen LogP contribution in [0.4, 0.5) is 14.5 Å². The summed E-state index contributed by atoms with van der Waals surface area (Å²) in [4.78, 5) is 3.56. The molecule has 0 saturated carbocycles. The number of alkyl halides is 2. The first kappa shape index (κ1) is 8.99. The number of anilines is 1. The van der Waals surface area contributed by atoms with E-state index < -0.39 is 6.61 Å². The fourth-order valence-electron chi connectivity index (χ4n) is 0.622. The minimum absolute atomic E-state index is 0.0275. The molecule has 0 radical (unpaired) electrons. The number of nitrogens with two attached hydrogens (primary N) is 1. The Labute approximate surface area is 72.1 Å². The first-order chi connectivity index (χ1) is 5.59. The predicted octanol–water partition coefficient (Wildman–Crippen LogP) is 1.92. The molecule has 1 aromatic rings. The van der Waals surface area contributed by atoms with Gasteiger partial charge in [-0.25, -0.2) is 4.98 Å². The molecule has 0 spiro atoms. The average molecular weight is 195 g/mol. The lowest BCUT2D eigenvalue weighted by atomic mass is 10.4. The maximum atomic E-state index is 11.7. The van der Waals surface area contributed by atoms with Crippen molar-refractivity contribution >= 4 is 17.3 Å². The van der Waals surface area contributed by atoms with Crippen molar-refractivity contribution in [1.82, 2.24) is 4.98 Å². The largest absolute Gasteiger partial charge is 0.432 e. The third kappa shape index (κ3) is 2.20. The van der Waals surface area contributed by atoms with E-state index in [0.717, 1.165) is 12.3 Å². The molecule has 0 aliphatic rings. The molecule has 6 heteroatoms. The number of halogens is 3. The van der Waals surface area contributed by atoms with Crippen LogP contribution in [0.25, 0.3) is 0 Å². The number of aromatic nitrogens is 1. The average Bonchev–Trinajstić information content (AvgIpc) is 1.96. The smallest absolute Gasteiger partial charge is 0.387 e. The molecular weight excluding hydrogens is 190 g/mol. The van der Waals surface area contributed by atoms with Crippen LogP contribution in [-0.4, -0.2) is 11.6 Å². The van der Waals surface area contributed by atoms with E-state index in [9.17, 15) is 8.78 Å². The standard InChI is InChI=1S/C6H5ClF2N2O/c7-5-1-4(12-6(8)9)3(10)2-11-5/h1-2,6H,10H2. The van der Waals surface area contributed by atoms with E-state index >= 15 is 0 Å². The normalized spacial score (nSPS) is 10.3. The summed E-state index contributed by atoms with van der Waals surface area (Å²) in [6, 6.07) is 1.13. The summed E-state index contributed by atoms with van der Waals surface area (Å²) in [6.45, 7) is -2.91. The summed E-state index contributed by atoms with van der Waals surface area (Å²) in [6.07, 6.45) is 1.15. The van der Waals surface area contributed by atoms with Crippen LogP contribution in [0.3, 0.4) is 0 Å². The van der Waals surface area contributed by atoms with Gasteiger partial charge in [0.15, 0.2) is 5.75 Å². The number of pyridine rings is 1. The van der Waals surface area contributed by atoms with Gasteiger partial charge in [-0.3, -0.25) is 0 Å². The molecule has 0 aromatic carbocycles. The van der Waals surface area contributed by atoms with Crippen LogP contribution in [0.2, 0.25) is 5.15 Å². The molecule has 66 valence electrons. The molecule has 0 aliphatic carbocycles. The van der Waals surface area contributed by atoms with Crippen LogP contribution in [0.1, 0.15) is 0 Å². The Bertz CT molecular complexity index is 282. The van der Waals surface area contributed by atoms with E-state index in [-0.39, 0.29) is 16.6 Å². The molecule has 0 aliphatic heterocycles. The Kier molecular flexibility index (Phi) is 2.65. The van der Waals surface area contributed by atoms with Gasteiger partial charge in [-0.05, 0) is 0 Å². The van der Waals surface area contributed by atoms with Crippen molar-refractivity contribution in [3.05, 3.63) is 17.4 Å². The summed E-state index contributed by atoms with van der Waals surface area (Å²) < 4.78 is 27.4. The van der Waals surface area contributed by atoms with Crippen LogP contribution >= 0.6 is 11.6 Å². The molecule has 0 amide bonds. The number of nitrogen functional groups attached to an aromatic ring is 1. The molecule has 1 aromatic heterocycles. The molecule has 2 N–H and O–H groups in total. The van der Waals surface area contributed by atoms with E-state index in [1.807, 2.05) is 0 Å². The van der Waals surface area contributed by atoms with Gasteiger partial charge < -0.3 is 10.5 Å². The molecule has 3 nitrogen and oxygen atoms in total. The maximum absolute atomic E-state index is 11.7. The monoisotopic (exact) mass is 194 g/mol. The quantitative estimate of drug-likeness (QED) is 0.732. The van der Waals surface area contributed by atoms with Crippen LogP contribution in [-0.2, 0) is 0 Å². The lowest BCUT2D eigenvalue weighted by Crippen LogP contribution is -2.04. The second-order valence-electron chi connectivity index (χ2n) is 1.92. The molecular formula is C6H5ClF2N2O. The number of ether oxygens (including phenoxy) is 1. The van der Waals surface area contributed by atoms with Crippen molar-refractivity contribution in [2.45, 2.75) is 6.61 Å². The maximum Gasteiger partial charge on any atom is 0.387 e. The Hall–Kier alpha value is -1.10. The first-order valence-electron chi connectivity index (χ1n) is 2.95. The van der Waals surface area contributed by atoms with E-state index in [1.54, 1.807) is 0 Å². The minimum Gasteiger partial charge on any atom is -0.432 e. The minimum atomic E-state index is -2.91. The number of hydrogen-bond donors (Lipinski definition) is 1. The highest BCUT2D eigenvalue weighted by molar-refractivity contribution is 6.29. The van der Waals surface area contributed by atoms with Crippen molar-refractivity contribution in [2.75, 3.05) is 5.73 Å². The zero-order valence-corrected chi connectivity index (χ0v) is 6.55. The summed E-state index contributed by atoms with van der Waals surface area (Å²) in [5, 5.41) is 0.0554. The van der Waals surface area contributed by atoms with Crippen molar-refractivity contribution < 1.29 is 13.5 Å². The second-order valence-corrected chi connectivity index (χ2v) is 2.31. The van der Waals surface area contributed by atoms with Gasteiger partial charge in [0.1, 0.15) is 5.15 Å². The summed E-state index contributed by atoms with van der Waals surface area (Å²) in [7, 11) is 0. The van der Waals surface area contributed by atoms with Gasteiger partial charge in [-0.15, -0.1) is 0 Å². The van der Waals surface area contributed by atoms with Crippen molar-refractivity contribution in [1.29, 1.82) is 0 Å². The van der Waals surface area contributed by atoms with Gasteiger partial charge in [-0.1, -0.05) is 11.6 Å². The van der Waals surface area contributed by atoms with Gasteiger partial charge >= 0.3 is 6.61 Å². The molecule has 0 unspecified atom stereocenters. The van der Waals surface area contributed by atoms with Crippen molar-refractivity contribution in [3.8, 4) is 5.75 Å². The molecule has 0 fully saturated rings. The highest BCUT2D eigenvalue weighted by Gasteiger charge is 2.08. The van der Waals surface area contributed by atoms with Gasteiger partial charge in [0.25, 0.3) is 0 Å².